The van der Waals surface area contributed by atoms with Gasteiger partial charge in [0, 0.05) is 11.4 Å². The molecule has 0 bridgehead atoms. The Morgan fingerprint density at radius 3 is 2.52 bits per heavy atom. The lowest BCUT2D eigenvalue weighted by Gasteiger charge is -2.18. The molecule has 1 aromatic carbocycles. The minimum atomic E-state index is -0.589. The highest BCUT2D eigenvalue weighted by atomic mass is 35.5. The van der Waals surface area contributed by atoms with E-state index in [4.69, 9.17) is 16.3 Å². The molecule has 0 saturated heterocycles. The summed E-state index contributed by atoms with van der Waals surface area (Å²) in [4.78, 5) is 23.6. The van der Waals surface area contributed by atoms with Gasteiger partial charge in [-0.2, -0.15) is 0 Å². The number of rotatable bonds is 7. The van der Waals surface area contributed by atoms with Gasteiger partial charge in [-0.15, -0.1) is 0 Å². The number of halogens is 1. The molecule has 1 unspecified atom stereocenters. The number of carbonyl (C=O) groups excluding carboxylic acids is 2. The predicted octanol–water partition coefficient (Wildman–Crippen LogP) is 2.98. The molecular weight excluding hydrogens is 290 g/mol. The van der Waals surface area contributed by atoms with E-state index in [1.165, 1.54) is 7.11 Å². The summed E-state index contributed by atoms with van der Waals surface area (Å²) in [5.74, 6) is -0.293. The number of methoxy groups -OCH3 is 1. The van der Waals surface area contributed by atoms with Crippen molar-refractivity contribution in [3.63, 3.8) is 0 Å². The minimum absolute atomic E-state index is 0.175. The predicted molar refractivity (Wildman–Crippen MR) is 83.2 cm³/mol. The standard InChI is InChI=1S/C16H22ClNO3/c1-11(2)10-14(16(20)21-3)18-15(19)9-8-12-6-4-5-7-13(12)17/h4-7,11,14H,8-10H2,1-3H3,(H,18,19). The van der Waals surface area contributed by atoms with Crippen LogP contribution in [0.3, 0.4) is 0 Å². The number of benzene rings is 1. The third kappa shape index (κ3) is 6.17. The number of carbonyl (C=O) groups is 2. The molecule has 116 valence electrons. The molecule has 5 heteroatoms. The molecule has 0 aliphatic rings. The van der Waals surface area contributed by atoms with E-state index in [2.05, 4.69) is 5.32 Å². The van der Waals surface area contributed by atoms with Crippen LogP contribution in [-0.2, 0) is 20.7 Å². The van der Waals surface area contributed by atoms with Crippen LogP contribution in [-0.4, -0.2) is 25.0 Å². The lowest BCUT2D eigenvalue weighted by Crippen LogP contribution is -2.42. The van der Waals surface area contributed by atoms with Gasteiger partial charge in [0.25, 0.3) is 0 Å². The third-order valence-corrected chi connectivity index (χ3v) is 3.48. The zero-order valence-electron chi connectivity index (χ0n) is 12.7. The van der Waals surface area contributed by atoms with Gasteiger partial charge >= 0.3 is 5.97 Å². The summed E-state index contributed by atoms with van der Waals surface area (Å²) < 4.78 is 4.72. The van der Waals surface area contributed by atoms with E-state index >= 15 is 0 Å². The molecule has 0 aromatic heterocycles. The Bertz CT molecular complexity index is 488. The first-order valence-corrected chi connectivity index (χ1v) is 7.42. The number of nitrogens with one attached hydrogen (secondary N) is 1. The van der Waals surface area contributed by atoms with Crippen molar-refractivity contribution in [3.05, 3.63) is 34.9 Å². The summed E-state index contributed by atoms with van der Waals surface area (Å²) in [6, 6.07) is 6.83. The first-order valence-electron chi connectivity index (χ1n) is 7.04. The Hall–Kier alpha value is -1.55. The van der Waals surface area contributed by atoms with E-state index in [1.807, 2.05) is 32.0 Å². The number of aryl methyl sites for hydroxylation is 1. The van der Waals surface area contributed by atoms with Crippen molar-refractivity contribution in [2.75, 3.05) is 7.11 Å². The molecule has 21 heavy (non-hydrogen) atoms. The summed E-state index contributed by atoms with van der Waals surface area (Å²) in [5, 5.41) is 3.38. The summed E-state index contributed by atoms with van der Waals surface area (Å²) >= 11 is 6.05. The summed E-state index contributed by atoms with van der Waals surface area (Å²) in [6.07, 6.45) is 1.39. The lowest BCUT2D eigenvalue weighted by molar-refractivity contribution is -0.145. The monoisotopic (exact) mass is 311 g/mol. The molecule has 1 atom stereocenters. The molecule has 0 saturated carbocycles. The molecule has 0 aliphatic carbocycles. The highest BCUT2D eigenvalue weighted by Crippen LogP contribution is 2.16. The van der Waals surface area contributed by atoms with E-state index < -0.39 is 12.0 Å². The molecule has 0 radical (unpaired) electrons. The van der Waals surface area contributed by atoms with Crippen LogP contribution in [0.25, 0.3) is 0 Å². The molecule has 0 aliphatic heterocycles. The van der Waals surface area contributed by atoms with Crippen LogP contribution in [0.4, 0.5) is 0 Å². The number of hydrogen-bond acceptors (Lipinski definition) is 3. The van der Waals surface area contributed by atoms with Crippen molar-refractivity contribution in [2.24, 2.45) is 5.92 Å². The second kappa shape index (κ2) is 8.67. The number of hydrogen-bond donors (Lipinski definition) is 1. The van der Waals surface area contributed by atoms with Crippen molar-refractivity contribution < 1.29 is 14.3 Å². The van der Waals surface area contributed by atoms with Crippen LogP contribution >= 0.6 is 11.6 Å². The first-order chi connectivity index (χ1) is 9.93. The maximum Gasteiger partial charge on any atom is 0.328 e. The van der Waals surface area contributed by atoms with Gasteiger partial charge < -0.3 is 10.1 Å². The molecule has 4 nitrogen and oxygen atoms in total. The number of esters is 1. The molecule has 0 spiro atoms. The number of amides is 1. The van der Waals surface area contributed by atoms with E-state index in [0.29, 0.717) is 17.9 Å². The van der Waals surface area contributed by atoms with Crippen molar-refractivity contribution in [1.29, 1.82) is 0 Å². The largest absolute Gasteiger partial charge is 0.467 e. The van der Waals surface area contributed by atoms with E-state index in [-0.39, 0.29) is 18.2 Å². The Balaban J connectivity index is 2.54. The minimum Gasteiger partial charge on any atom is -0.467 e. The zero-order valence-corrected chi connectivity index (χ0v) is 13.4. The fourth-order valence-electron chi connectivity index (χ4n) is 2.04. The zero-order chi connectivity index (χ0) is 15.8. The molecule has 1 N–H and O–H groups in total. The quantitative estimate of drug-likeness (QED) is 0.788. The Kier molecular flexibility index (Phi) is 7.23. The maximum absolute atomic E-state index is 12.0. The van der Waals surface area contributed by atoms with Gasteiger partial charge in [-0.25, -0.2) is 4.79 Å². The number of ether oxygens (including phenoxy) is 1. The molecule has 0 fully saturated rings. The smallest absolute Gasteiger partial charge is 0.328 e. The van der Waals surface area contributed by atoms with E-state index in [9.17, 15) is 9.59 Å². The van der Waals surface area contributed by atoms with Gasteiger partial charge in [0.2, 0.25) is 5.91 Å². The van der Waals surface area contributed by atoms with Gasteiger partial charge in [0.05, 0.1) is 7.11 Å². The summed E-state index contributed by atoms with van der Waals surface area (Å²) in [6.45, 7) is 3.98. The molecule has 1 aromatic rings. The second-order valence-corrected chi connectivity index (χ2v) is 5.77. The van der Waals surface area contributed by atoms with Crippen LogP contribution in [0.2, 0.25) is 5.02 Å². The van der Waals surface area contributed by atoms with Gasteiger partial charge in [0.15, 0.2) is 0 Å². The Morgan fingerprint density at radius 1 is 1.29 bits per heavy atom. The van der Waals surface area contributed by atoms with Crippen LogP contribution < -0.4 is 5.32 Å². The maximum atomic E-state index is 12.0. The van der Waals surface area contributed by atoms with Gasteiger partial charge in [-0.1, -0.05) is 43.6 Å². The van der Waals surface area contributed by atoms with Gasteiger partial charge in [-0.05, 0) is 30.4 Å². The molecular formula is C16H22ClNO3. The Labute approximate surface area is 130 Å². The van der Waals surface area contributed by atoms with Crippen molar-refractivity contribution >= 4 is 23.5 Å². The normalized spacial score (nSPS) is 12.0. The average molecular weight is 312 g/mol. The summed E-state index contributed by atoms with van der Waals surface area (Å²) in [5.41, 5.74) is 0.924. The molecule has 1 rings (SSSR count). The first kappa shape index (κ1) is 17.5. The van der Waals surface area contributed by atoms with Crippen molar-refractivity contribution in [3.8, 4) is 0 Å². The fraction of sp³-hybridized carbons (Fsp3) is 0.500. The topological polar surface area (TPSA) is 55.4 Å². The SMILES string of the molecule is COC(=O)C(CC(C)C)NC(=O)CCc1ccccc1Cl. The van der Waals surface area contributed by atoms with Crippen molar-refractivity contribution in [1.82, 2.24) is 5.32 Å². The van der Waals surface area contributed by atoms with Crippen LogP contribution in [0, 0.1) is 5.92 Å². The molecule has 0 heterocycles. The molecule has 1 amide bonds. The lowest BCUT2D eigenvalue weighted by atomic mass is 10.0. The third-order valence-electron chi connectivity index (χ3n) is 3.11. The Morgan fingerprint density at radius 2 is 1.95 bits per heavy atom. The van der Waals surface area contributed by atoms with Crippen LogP contribution in [0.5, 0.6) is 0 Å². The van der Waals surface area contributed by atoms with Gasteiger partial charge in [-0.3, -0.25) is 4.79 Å². The van der Waals surface area contributed by atoms with E-state index in [1.54, 1.807) is 6.07 Å². The fourth-order valence-corrected chi connectivity index (χ4v) is 2.27. The second-order valence-electron chi connectivity index (χ2n) is 5.36. The average Bonchev–Trinajstić information content (AvgIpc) is 2.44. The summed E-state index contributed by atoms with van der Waals surface area (Å²) in [7, 11) is 1.32. The van der Waals surface area contributed by atoms with Gasteiger partial charge in [0.1, 0.15) is 6.04 Å². The van der Waals surface area contributed by atoms with E-state index in [0.717, 1.165) is 5.56 Å². The van der Waals surface area contributed by atoms with Crippen LogP contribution in [0.15, 0.2) is 24.3 Å². The van der Waals surface area contributed by atoms with Crippen LogP contribution in [0.1, 0.15) is 32.3 Å². The van der Waals surface area contributed by atoms with Crippen molar-refractivity contribution in [2.45, 2.75) is 39.2 Å². The highest BCUT2D eigenvalue weighted by molar-refractivity contribution is 6.31. The highest BCUT2D eigenvalue weighted by Gasteiger charge is 2.22.